The number of amides is 1. The van der Waals surface area contributed by atoms with Gasteiger partial charge in [0.05, 0.1) is 17.6 Å². The van der Waals surface area contributed by atoms with E-state index in [-0.39, 0.29) is 22.6 Å². The molecular formula is C16H21N3O5. The SMILES string of the molecule is COC[C@@H]1CN(c2ccc([N+](=O)[O-])c(C3CC3)c2)CCN1C(=O)O. The molecule has 8 nitrogen and oxygen atoms in total. The summed E-state index contributed by atoms with van der Waals surface area (Å²) in [7, 11) is 1.55. The van der Waals surface area contributed by atoms with Gasteiger partial charge in [-0.05, 0) is 30.9 Å². The first-order valence-electron chi connectivity index (χ1n) is 8.03. The van der Waals surface area contributed by atoms with Crippen molar-refractivity contribution in [3.8, 4) is 0 Å². The number of rotatable bonds is 5. The third kappa shape index (κ3) is 3.28. The second kappa shape index (κ2) is 6.64. The van der Waals surface area contributed by atoms with Crippen molar-refractivity contribution in [3.05, 3.63) is 33.9 Å². The molecule has 2 fully saturated rings. The highest BCUT2D eigenvalue weighted by molar-refractivity contribution is 5.66. The van der Waals surface area contributed by atoms with E-state index in [1.807, 2.05) is 6.07 Å². The van der Waals surface area contributed by atoms with Crippen LogP contribution in [0.1, 0.15) is 24.3 Å². The fourth-order valence-electron chi connectivity index (χ4n) is 3.30. The summed E-state index contributed by atoms with van der Waals surface area (Å²) in [5.74, 6) is 0.278. The van der Waals surface area contributed by atoms with Gasteiger partial charge in [0.2, 0.25) is 0 Å². The zero-order valence-corrected chi connectivity index (χ0v) is 13.6. The molecule has 1 saturated carbocycles. The van der Waals surface area contributed by atoms with Gasteiger partial charge in [-0.1, -0.05) is 0 Å². The molecule has 1 saturated heterocycles. The number of ether oxygens (including phenoxy) is 1. The lowest BCUT2D eigenvalue weighted by molar-refractivity contribution is -0.385. The van der Waals surface area contributed by atoms with Crippen LogP contribution in [-0.2, 0) is 4.74 Å². The van der Waals surface area contributed by atoms with E-state index < -0.39 is 6.09 Å². The summed E-state index contributed by atoms with van der Waals surface area (Å²) >= 11 is 0. The molecule has 1 aliphatic heterocycles. The molecule has 1 atom stereocenters. The van der Waals surface area contributed by atoms with Crippen molar-refractivity contribution in [2.75, 3.05) is 38.3 Å². The van der Waals surface area contributed by atoms with Gasteiger partial charge in [0.1, 0.15) is 0 Å². The fraction of sp³-hybridized carbons (Fsp3) is 0.562. The number of hydrogen-bond donors (Lipinski definition) is 1. The lowest BCUT2D eigenvalue weighted by atomic mass is 10.1. The molecule has 24 heavy (non-hydrogen) atoms. The standard InChI is InChI=1S/C16H21N3O5/c1-24-10-13-9-17(6-7-18(13)16(20)21)12-4-5-15(19(22)23)14(8-12)11-2-3-11/h4-5,8,11,13H,2-3,6-7,9-10H2,1H3,(H,20,21)/t13-/m0/s1. The highest BCUT2D eigenvalue weighted by Crippen LogP contribution is 2.45. The number of nitrogens with zero attached hydrogens (tertiary/aromatic N) is 3. The molecule has 0 bridgehead atoms. The van der Waals surface area contributed by atoms with E-state index in [4.69, 9.17) is 4.74 Å². The second-order valence-electron chi connectivity index (χ2n) is 6.31. The van der Waals surface area contributed by atoms with E-state index >= 15 is 0 Å². The average Bonchev–Trinajstić information content (AvgIpc) is 3.39. The Morgan fingerprint density at radius 1 is 1.42 bits per heavy atom. The van der Waals surface area contributed by atoms with Gasteiger partial charge in [0, 0.05) is 44.1 Å². The van der Waals surface area contributed by atoms with Gasteiger partial charge in [-0.2, -0.15) is 0 Å². The minimum atomic E-state index is -0.945. The normalized spacial score (nSPS) is 21.0. The van der Waals surface area contributed by atoms with E-state index in [0.29, 0.717) is 26.2 Å². The summed E-state index contributed by atoms with van der Waals surface area (Å²) in [6.45, 7) is 1.79. The maximum absolute atomic E-state index is 11.3. The number of nitro benzene ring substituents is 1. The van der Waals surface area contributed by atoms with Crippen molar-refractivity contribution in [2.24, 2.45) is 0 Å². The molecule has 0 spiro atoms. The van der Waals surface area contributed by atoms with Crippen LogP contribution in [-0.4, -0.2) is 60.4 Å². The minimum Gasteiger partial charge on any atom is -0.465 e. The lowest BCUT2D eigenvalue weighted by Crippen LogP contribution is -2.56. The highest BCUT2D eigenvalue weighted by Gasteiger charge is 2.33. The van der Waals surface area contributed by atoms with Crippen molar-refractivity contribution in [3.63, 3.8) is 0 Å². The smallest absolute Gasteiger partial charge is 0.407 e. The van der Waals surface area contributed by atoms with Gasteiger partial charge in [0.15, 0.2) is 0 Å². The number of hydrogen-bond acceptors (Lipinski definition) is 5. The van der Waals surface area contributed by atoms with E-state index in [0.717, 1.165) is 24.1 Å². The average molecular weight is 335 g/mol. The van der Waals surface area contributed by atoms with E-state index in [9.17, 15) is 20.0 Å². The molecule has 0 aromatic heterocycles. The lowest BCUT2D eigenvalue weighted by Gasteiger charge is -2.40. The van der Waals surface area contributed by atoms with E-state index in [1.165, 1.54) is 4.90 Å². The van der Waals surface area contributed by atoms with Crippen LogP contribution in [0.5, 0.6) is 0 Å². The topological polar surface area (TPSA) is 96.2 Å². The van der Waals surface area contributed by atoms with Crippen LogP contribution < -0.4 is 4.90 Å². The Bertz CT molecular complexity index is 647. The predicted octanol–water partition coefficient (Wildman–Crippen LogP) is 2.29. The summed E-state index contributed by atoms with van der Waals surface area (Å²) in [4.78, 5) is 25.7. The van der Waals surface area contributed by atoms with Gasteiger partial charge < -0.3 is 14.7 Å². The van der Waals surface area contributed by atoms with Gasteiger partial charge in [0.25, 0.3) is 5.69 Å². The predicted molar refractivity (Wildman–Crippen MR) is 87.7 cm³/mol. The first-order valence-corrected chi connectivity index (χ1v) is 8.03. The number of piperazine rings is 1. The maximum Gasteiger partial charge on any atom is 0.407 e. The monoisotopic (exact) mass is 335 g/mol. The number of carbonyl (C=O) groups is 1. The van der Waals surface area contributed by atoms with Crippen molar-refractivity contribution in [2.45, 2.75) is 24.8 Å². The first kappa shape index (κ1) is 16.5. The van der Waals surface area contributed by atoms with Crippen molar-refractivity contribution < 1.29 is 19.6 Å². The molecule has 1 aromatic rings. The Morgan fingerprint density at radius 2 is 2.17 bits per heavy atom. The van der Waals surface area contributed by atoms with Crippen LogP contribution >= 0.6 is 0 Å². The Morgan fingerprint density at radius 3 is 2.75 bits per heavy atom. The first-order chi connectivity index (χ1) is 11.5. The van der Waals surface area contributed by atoms with Crippen LogP contribution in [0.4, 0.5) is 16.2 Å². The molecule has 1 N–H and O–H groups in total. The summed E-state index contributed by atoms with van der Waals surface area (Å²) in [5.41, 5.74) is 1.88. The van der Waals surface area contributed by atoms with Crippen molar-refractivity contribution >= 4 is 17.5 Å². The quantitative estimate of drug-likeness (QED) is 0.655. The molecule has 1 heterocycles. The van der Waals surface area contributed by atoms with E-state index in [2.05, 4.69) is 4.90 Å². The summed E-state index contributed by atoms with van der Waals surface area (Å²) < 4.78 is 5.15. The molecule has 1 aromatic carbocycles. The number of benzene rings is 1. The highest BCUT2D eigenvalue weighted by atomic mass is 16.6. The Balaban J connectivity index is 1.82. The van der Waals surface area contributed by atoms with Crippen molar-refractivity contribution in [1.29, 1.82) is 0 Å². The van der Waals surface area contributed by atoms with Crippen LogP contribution in [0, 0.1) is 10.1 Å². The van der Waals surface area contributed by atoms with Gasteiger partial charge in [-0.15, -0.1) is 0 Å². The van der Waals surface area contributed by atoms with Crippen LogP contribution in [0.2, 0.25) is 0 Å². The van der Waals surface area contributed by atoms with Crippen LogP contribution in [0.25, 0.3) is 0 Å². The van der Waals surface area contributed by atoms with Crippen LogP contribution in [0.3, 0.4) is 0 Å². The van der Waals surface area contributed by atoms with Gasteiger partial charge >= 0.3 is 6.09 Å². The molecule has 0 unspecified atom stereocenters. The number of carboxylic acid groups (broad SMARTS) is 1. The third-order valence-electron chi connectivity index (χ3n) is 4.68. The molecule has 8 heteroatoms. The van der Waals surface area contributed by atoms with Gasteiger partial charge in [-0.3, -0.25) is 15.0 Å². The zero-order chi connectivity index (χ0) is 17.3. The van der Waals surface area contributed by atoms with Crippen LogP contribution in [0.15, 0.2) is 18.2 Å². The molecule has 1 amide bonds. The molecule has 3 rings (SSSR count). The Labute approximate surface area is 139 Å². The van der Waals surface area contributed by atoms with Crippen molar-refractivity contribution in [1.82, 2.24) is 4.90 Å². The minimum absolute atomic E-state index is 0.180. The summed E-state index contributed by atoms with van der Waals surface area (Å²) in [6, 6.07) is 4.97. The number of nitro groups is 1. The Hall–Kier alpha value is -2.35. The fourth-order valence-corrected chi connectivity index (χ4v) is 3.30. The second-order valence-corrected chi connectivity index (χ2v) is 6.31. The zero-order valence-electron chi connectivity index (χ0n) is 13.6. The molecular weight excluding hydrogens is 314 g/mol. The Kier molecular flexibility index (Phi) is 4.57. The molecule has 1 aliphatic carbocycles. The van der Waals surface area contributed by atoms with E-state index in [1.54, 1.807) is 19.2 Å². The summed E-state index contributed by atoms with van der Waals surface area (Å²) in [6.07, 6.45) is 1.03. The maximum atomic E-state index is 11.3. The van der Waals surface area contributed by atoms with Gasteiger partial charge in [-0.25, -0.2) is 4.79 Å². The summed E-state index contributed by atoms with van der Waals surface area (Å²) in [5, 5.41) is 20.5. The molecule has 2 aliphatic rings. The molecule has 130 valence electrons. The third-order valence-corrected chi connectivity index (χ3v) is 4.68. The largest absolute Gasteiger partial charge is 0.465 e. The number of methoxy groups -OCH3 is 1. The molecule has 0 radical (unpaired) electrons. The number of anilines is 1.